The Labute approximate surface area is 143 Å². The van der Waals surface area contributed by atoms with E-state index in [0.29, 0.717) is 0 Å². The monoisotopic (exact) mass is 312 g/mol. The van der Waals surface area contributed by atoms with Gasteiger partial charge in [0.05, 0.1) is 12.7 Å². The number of hydrogen-bond donors (Lipinski definition) is 0. The Balaban J connectivity index is 1.66. The van der Waals surface area contributed by atoms with Crippen molar-refractivity contribution in [3.05, 3.63) is 113 Å². The molecule has 0 saturated heterocycles. The van der Waals surface area contributed by atoms with Crippen molar-refractivity contribution in [2.45, 2.75) is 19.1 Å². The zero-order valence-corrected chi connectivity index (χ0v) is 13.6. The molecule has 0 spiro atoms. The fourth-order valence-electron chi connectivity index (χ4n) is 3.32. The molecular weight excluding hydrogens is 292 g/mol. The maximum atomic E-state index is 6.00. The molecule has 0 aliphatic carbocycles. The Morgan fingerprint density at radius 2 is 1.38 bits per heavy atom. The summed E-state index contributed by atoms with van der Waals surface area (Å²) < 4.78 is 6.00. The molecule has 1 atom stereocenters. The first-order chi connectivity index (χ1) is 11.9. The van der Waals surface area contributed by atoms with Gasteiger partial charge in [-0.15, -0.1) is 0 Å². The number of hydrogen-bond acceptors (Lipinski definition) is 1. The van der Waals surface area contributed by atoms with E-state index >= 15 is 0 Å². The fourth-order valence-corrected chi connectivity index (χ4v) is 3.32. The molecule has 0 saturated carbocycles. The van der Waals surface area contributed by atoms with Gasteiger partial charge in [0.1, 0.15) is 0 Å². The van der Waals surface area contributed by atoms with Gasteiger partial charge in [0, 0.05) is 0 Å². The lowest BCUT2D eigenvalue weighted by molar-refractivity contribution is 0.0685. The maximum Gasteiger partial charge on any atom is 0.0867 e. The van der Waals surface area contributed by atoms with Gasteiger partial charge in [0.2, 0.25) is 0 Å². The van der Waals surface area contributed by atoms with Crippen molar-refractivity contribution in [3.63, 3.8) is 0 Å². The number of benzene rings is 3. The van der Waals surface area contributed by atoms with Crippen LogP contribution in [0.4, 0.5) is 0 Å². The van der Waals surface area contributed by atoms with Crippen molar-refractivity contribution in [2.24, 2.45) is 0 Å². The van der Waals surface area contributed by atoms with Crippen LogP contribution in [0.15, 0.2) is 91.0 Å². The van der Waals surface area contributed by atoms with Gasteiger partial charge >= 0.3 is 0 Å². The van der Waals surface area contributed by atoms with Crippen molar-refractivity contribution in [1.29, 1.82) is 0 Å². The van der Waals surface area contributed by atoms with Gasteiger partial charge in [-0.25, -0.2) is 0 Å². The predicted octanol–water partition coefficient (Wildman–Crippen LogP) is 5.78. The third-order valence-electron chi connectivity index (χ3n) is 4.55. The summed E-state index contributed by atoms with van der Waals surface area (Å²) in [6.07, 6.45) is 3.36. The average Bonchev–Trinajstić information content (AvgIpc) is 3.07. The van der Waals surface area contributed by atoms with E-state index in [2.05, 4.69) is 91.0 Å². The second-order valence-corrected chi connectivity index (χ2v) is 6.08. The van der Waals surface area contributed by atoms with Crippen LogP contribution in [-0.4, -0.2) is 0 Å². The molecule has 0 fully saturated rings. The SMILES string of the molecule is C(C[C@H]1OCc2ccccc21)=C(c1ccccc1)c1ccccc1. The number of rotatable bonds is 4. The minimum atomic E-state index is 0.156. The molecule has 1 aliphatic heterocycles. The molecule has 1 nitrogen and oxygen atoms in total. The third kappa shape index (κ3) is 3.04. The maximum absolute atomic E-state index is 6.00. The van der Waals surface area contributed by atoms with Crippen LogP contribution in [0.5, 0.6) is 0 Å². The topological polar surface area (TPSA) is 9.23 Å². The summed E-state index contributed by atoms with van der Waals surface area (Å²) >= 11 is 0. The smallest absolute Gasteiger partial charge is 0.0867 e. The summed E-state index contributed by atoms with van der Waals surface area (Å²) in [7, 11) is 0. The van der Waals surface area contributed by atoms with Crippen molar-refractivity contribution in [2.75, 3.05) is 0 Å². The molecule has 1 heteroatoms. The summed E-state index contributed by atoms with van der Waals surface area (Å²) in [5.41, 5.74) is 6.40. The Bertz CT molecular complexity index is 793. The van der Waals surface area contributed by atoms with Crippen LogP contribution in [0, 0.1) is 0 Å². The van der Waals surface area contributed by atoms with Crippen molar-refractivity contribution in [1.82, 2.24) is 0 Å². The van der Waals surface area contributed by atoms with Gasteiger partial charge in [-0.1, -0.05) is 91.0 Å². The Morgan fingerprint density at radius 1 is 0.792 bits per heavy atom. The fraction of sp³-hybridized carbons (Fsp3) is 0.130. The highest BCUT2D eigenvalue weighted by Crippen LogP contribution is 2.34. The Morgan fingerprint density at radius 3 is 2.04 bits per heavy atom. The van der Waals surface area contributed by atoms with E-state index in [1.807, 2.05) is 0 Å². The molecule has 0 radical (unpaired) electrons. The molecule has 0 bridgehead atoms. The highest BCUT2D eigenvalue weighted by molar-refractivity contribution is 5.79. The first-order valence-corrected chi connectivity index (χ1v) is 8.42. The van der Waals surface area contributed by atoms with Crippen molar-refractivity contribution < 1.29 is 4.74 Å². The van der Waals surface area contributed by atoms with E-state index in [4.69, 9.17) is 4.74 Å². The molecule has 3 aromatic carbocycles. The second kappa shape index (κ2) is 6.86. The number of ether oxygens (including phenoxy) is 1. The normalized spacial score (nSPS) is 15.8. The third-order valence-corrected chi connectivity index (χ3v) is 4.55. The van der Waals surface area contributed by atoms with Crippen LogP contribution in [0.25, 0.3) is 5.57 Å². The molecule has 0 amide bonds. The molecule has 1 heterocycles. The largest absolute Gasteiger partial charge is 0.369 e. The summed E-state index contributed by atoms with van der Waals surface area (Å²) in [4.78, 5) is 0. The predicted molar refractivity (Wildman–Crippen MR) is 98.6 cm³/mol. The zero-order valence-electron chi connectivity index (χ0n) is 13.6. The van der Waals surface area contributed by atoms with Gasteiger partial charge in [-0.3, -0.25) is 0 Å². The highest BCUT2D eigenvalue weighted by atomic mass is 16.5. The van der Waals surface area contributed by atoms with Gasteiger partial charge < -0.3 is 4.74 Å². The summed E-state index contributed by atoms with van der Waals surface area (Å²) in [6, 6.07) is 29.7. The van der Waals surface area contributed by atoms with E-state index in [9.17, 15) is 0 Å². The van der Waals surface area contributed by atoms with Gasteiger partial charge in [-0.05, 0) is 34.2 Å². The van der Waals surface area contributed by atoms with Gasteiger partial charge in [0.25, 0.3) is 0 Å². The summed E-state index contributed by atoms with van der Waals surface area (Å²) in [6.45, 7) is 0.723. The minimum absolute atomic E-state index is 0.156. The van der Waals surface area contributed by atoms with E-state index in [-0.39, 0.29) is 6.10 Å². The van der Waals surface area contributed by atoms with Crippen LogP contribution in [0.3, 0.4) is 0 Å². The lowest BCUT2D eigenvalue weighted by Gasteiger charge is -2.12. The van der Waals surface area contributed by atoms with Gasteiger partial charge in [0.15, 0.2) is 0 Å². The first kappa shape index (κ1) is 14.9. The summed E-state index contributed by atoms with van der Waals surface area (Å²) in [5, 5.41) is 0. The van der Waals surface area contributed by atoms with E-state index in [1.165, 1.54) is 27.8 Å². The number of fused-ring (bicyclic) bond motifs is 1. The minimum Gasteiger partial charge on any atom is -0.369 e. The Hall–Kier alpha value is -2.64. The molecule has 0 aromatic heterocycles. The quantitative estimate of drug-likeness (QED) is 0.593. The lowest BCUT2D eigenvalue weighted by Crippen LogP contribution is -1.95. The first-order valence-electron chi connectivity index (χ1n) is 8.42. The van der Waals surface area contributed by atoms with E-state index in [1.54, 1.807) is 0 Å². The molecule has 0 unspecified atom stereocenters. The molecular formula is C23H20O. The van der Waals surface area contributed by atoms with Gasteiger partial charge in [-0.2, -0.15) is 0 Å². The zero-order chi connectivity index (χ0) is 16.2. The van der Waals surface area contributed by atoms with Crippen LogP contribution >= 0.6 is 0 Å². The van der Waals surface area contributed by atoms with Crippen molar-refractivity contribution >= 4 is 5.57 Å². The molecule has 3 aromatic rings. The van der Waals surface area contributed by atoms with E-state index < -0.39 is 0 Å². The van der Waals surface area contributed by atoms with Crippen LogP contribution in [0.1, 0.15) is 34.8 Å². The summed E-state index contributed by atoms with van der Waals surface area (Å²) in [5.74, 6) is 0. The lowest BCUT2D eigenvalue weighted by atomic mass is 9.95. The van der Waals surface area contributed by atoms with Crippen molar-refractivity contribution in [3.8, 4) is 0 Å². The van der Waals surface area contributed by atoms with Crippen LogP contribution in [-0.2, 0) is 11.3 Å². The molecule has 118 valence electrons. The second-order valence-electron chi connectivity index (χ2n) is 6.08. The molecule has 24 heavy (non-hydrogen) atoms. The standard InChI is InChI=1S/C23H20O/c1-3-9-18(10-4-1)21(19-11-5-2-6-12-19)15-16-23-22-14-8-7-13-20(22)17-24-23/h1-15,23H,16-17H2/t23-/m1/s1. The van der Waals surface area contributed by atoms with Crippen LogP contribution in [0.2, 0.25) is 0 Å². The molecule has 1 aliphatic rings. The Kier molecular flexibility index (Phi) is 4.26. The average molecular weight is 312 g/mol. The molecule has 4 rings (SSSR count). The molecule has 0 N–H and O–H groups in total. The van der Waals surface area contributed by atoms with E-state index in [0.717, 1.165) is 13.0 Å². The van der Waals surface area contributed by atoms with Crippen LogP contribution < -0.4 is 0 Å². The highest BCUT2D eigenvalue weighted by Gasteiger charge is 2.21.